The molecule has 0 aromatic rings. The van der Waals surface area contributed by atoms with Gasteiger partial charge in [0.2, 0.25) is 0 Å². The normalized spacial score (nSPS) is 5.67. The van der Waals surface area contributed by atoms with E-state index in [4.69, 9.17) is 8.42 Å². The van der Waals surface area contributed by atoms with Gasteiger partial charge in [-0.3, -0.25) is 4.70 Å². The summed E-state index contributed by atoms with van der Waals surface area (Å²) in [7, 11) is -1.86. The Hall–Kier alpha value is 0.399. The van der Waals surface area contributed by atoms with Gasteiger partial charge in [0.05, 0.1) is 0 Å². The molecule has 0 spiro atoms. The van der Waals surface area contributed by atoms with Crippen LogP contribution in [0.2, 0.25) is 0 Å². The van der Waals surface area contributed by atoms with Crippen molar-refractivity contribution in [1.82, 2.24) is 0 Å². The zero-order valence-electron chi connectivity index (χ0n) is 2.93. The van der Waals surface area contributed by atoms with Crippen LogP contribution in [0.4, 0.5) is 4.70 Å². The summed E-state index contributed by atoms with van der Waals surface area (Å²) in [5, 5.41) is 0. The van der Waals surface area contributed by atoms with E-state index in [9.17, 15) is 0 Å². The van der Waals surface area contributed by atoms with Crippen molar-refractivity contribution in [3.63, 3.8) is 0 Å². The molecule has 44 valence electrons. The van der Waals surface area contributed by atoms with E-state index in [0.717, 1.165) is 6.26 Å². The summed E-state index contributed by atoms with van der Waals surface area (Å²) < 4.78 is 18.0. The average Bonchev–Trinajstić information content (AvgIpc) is 0.811. The average molecular weight is 163 g/mol. The van der Waals surface area contributed by atoms with Gasteiger partial charge in [0.1, 0.15) is 0 Å². The zero-order chi connectivity index (χ0) is 3.58. The molecule has 0 aromatic carbocycles. The molecule has 0 rings (SSSR count). The van der Waals surface area contributed by atoms with Crippen LogP contribution in [0.25, 0.3) is 0 Å². The van der Waals surface area contributed by atoms with Gasteiger partial charge in [0, 0.05) is 0 Å². The van der Waals surface area contributed by atoms with E-state index >= 15 is 0 Å². The van der Waals surface area contributed by atoms with Crippen LogP contribution in [0.5, 0.6) is 0 Å². The first kappa shape index (κ1) is 16.1. The van der Waals surface area contributed by atoms with Crippen LogP contribution in [-0.4, -0.2) is 6.26 Å². The molecule has 0 aliphatic heterocycles. The number of hydrogen-bond donors (Lipinski definition) is 0. The Bertz CT molecular complexity index is 61.9. The summed E-state index contributed by atoms with van der Waals surface area (Å²) in [6.45, 7) is 0. The van der Waals surface area contributed by atoms with E-state index in [-0.39, 0.29) is 21.8 Å². The third-order valence-corrected chi connectivity index (χ3v) is 0. The second kappa shape index (κ2) is 9.04. The van der Waals surface area contributed by atoms with Crippen LogP contribution in [0, 0.1) is 0 Å². The molecule has 6 heavy (non-hydrogen) atoms. The van der Waals surface area contributed by atoms with Crippen LogP contribution < -0.4 is 0 Å². The van der Waals surface area contributed by atoms with E-state index in [1.165, 1.54) is 0 Å². The molecule has 0 bridgehead atoms. The maximum atomic E-state index is 9.00. The largest absolute Gasteiger partial charge is 1.00 e. The van der Waals surface area contributed by atoms with Crippen molar-refractivity contribution < 1.29 is 30.2 Å². The van der Waals surface area contributed by atoms with Crippen molar-refractivity contribution in [2.75, 3.05) is 6.26 Å². The number of rotatable bonds is 0. The van der Waals surface area contributed by atoms with E-state index in [1.54, 1.807) is 0 Å². The van der Waals surface area contributed by atoms with Crippen LogP contribution in [0.3, 0.4) is 0 Å². The molecular formula is CH4CuFO2S. The summed E-state index contributed by atoms with van der Waals surface area (Å²) in [5.74, 6) is 0. The summed E-state index contributed by atoms with van der Waals surface area (Å²) in [4.78, 5) is 0. The summed E-state index contributed by atoms with van der Waals surface area (Å²) in [6.07, 6.45) is 1.08. The van der Waals surface area contributed by atoms with Crippen molar-refractivity contribution in [3.05, 3.63) is 0 Å². The number of halogens is 1. The minimum absolute atomic E-state index is 0. The van der Waals surface area contributed by atoms with E-state index < -0.39 is 10.7 Å². The Labute approximate surface area is 47.7 Å². The second-order valence-corrected chi connectivity index (χ2v) is 1.20. The van der Waals surface area contributed by atoms with Gasteiger partial charge in [0.15, 0.2) is 0 Å². The Morgan fingerprint density at radius 3 is 1.33 bits per heavy atom. The molecule has 0 N–H and O–H groups in total. The van der Waals surface area contributed by atoms with Crippen molar-refractivity contribution in [2.24, 2.45) is 0 Å². The van der Waals surface area contributed by atoms with Crippen LogP contribution >= 0.6 is 0 Å². The minimum atomic E-state index is -1.86. The monoisotopic (exact) mass is 162 g/mol. The fraction of sp³-hybridized carbons (Fsp3) is 1.00. The molecule has 0 radical (unpaired) electrons. The fourth-order valence-corrected chi connectivity index (χ4v) is 0. The smallest absolute Gasteiger partial charge is 0.424 e. The van der Waals surface area contributed by atoms with E-state index in [0.29, 0.717) is 0 Å². The summed E-state index contributed by atoms with van der Waals surface area (Å²) in [5.41, 5.74) is 0. The van der Waals surface area contributed by atoms with E-state index in [2.05, 4.69) is 0 Å². The quantitative estimate of drug-likeness (QED) is 0.374. The van der Waals surface area contributed by atoms with Gasteiger partial charge >= 0.3 is 17.1 Å². The standard InChI is InChI=1S/CH3O2S.Cu.FH/c1-4(2)3;;/h1H3;;1H/q-1;+1;. The number of hydrogen-bond acceptors (Lipinski definition) is 3. The molecule has 0 atom stereocenters. The van der Waals surface area contributed by atoms with Crippen molar-refractivity contribution in [1.29, 1.82) is 0 Å². The maximum absolute atomic E-state index is 9.00. The predicted molar refractivity (Wildman–Crippen MR) is 17.2 cm³/mol. The molecule has 0 unspecified atom stereocenters. The van der Waals surface area contributed by atoms with Crippen LogP contribution in [0.15, 0.2) is 0 Å². The van der Waals surface area contributed by atoms with Gasteiger partial charge in [-0.25, -0.2) is 0 Å². The third-order valence-electron chi connectivity index (χ3n) is 0. The van der Waals surface area contributed by atoms with E-state index in [1.807, 2.05) is 0 Å². The zero-order valence-corrected chi connectivity index (χ0v) is 4.69. The Balaban J connectivity index is -0.0000000450. The minimum Gasteiger partial charge on any atom is -0.424 e. The van der Waals surface area contributed by atoms with Gasteiger partial charge in [-0.2, -0.15) is 0 Å². The summed E-state index contributed by atoms with van der Waals surface area (Å²) in [6, 6.07) is 0. The van der Waals surface area contributed by atoms with Crippen LogP contribution in [-0.2, 0) is 36.2 Å². The van der Waals surface area contributed by atoms with Gasteiger partial charge < -0.3 is 8.42 Å². The molecule has 0 saturated carbocycles. The van der Waals surface area contributed by atoms with Gasteiger partial charge in [-0.15, -0.1) is 0 Å². The van der Waals surface area contributed by atoms with Gasteiger partial charge in [-0.1, -0.05) is 17.0 Å². The molecule has 0 aliphatic rings. The second-order valence-electron chi connectivity index (χ2n) is 0.401. The summed E-state index contributed by atoms with van der Waals surface area (Å²) >= 11 is 0. The van der Waals surface area contributed by atoms with Gasteiger partial charge in [-0.05, 0) is 0 Å². The molecule has 2 nitrogen and oxygen atoms in total. The van der Waals surface area contributed by atoms with Gasteiger partial charge in [0.25, 0.3) is 0 Å². The SMILES string of the molecule is C[S-](=O)=O.F.[Cu+]. The topological polar surface area (TPSA) is 34.1 Å². The molecule has 0 saturated heterocycles. The molecule has 0 heterocycles. The molecule has 5 heteroatoms. The first-order valence-electron chi connectivity index (χ1n) is 0.742. The molecule has 0 amide bonds. The molecule has 0 aromatic heterocycles. The third kappa shape index (κ3) is 319. The first-order chi connectivity index (χ1) is 1.73. The maximum Gasteiger partial charge on any atom is 1.00 e. The molecular weight excluding hydrogens is 159 g/mol. The van der Waals surface area contributed by atoms with Crippen molar-refractivity contribution >= 4 is 10.7 Å². The van der Waals surface area contributed by atoms with Crippen LogP contribution in [0.1, 0.15) is 0 Å². The first-order valence-corrected chi connectivity index (χ1v) is 2.22. The Kier molecular flexibility index (Phi) is 24.3. The fourth-order valence-electron chi connectivity index (χ4n) is 0. The Morgan fingerprint density at radius 2 is 1.33 bits per heavy atom. The molecule has 0 aliphatic carbocycles. The van der Waals surface area contributed by atoms with Crippen molar-refractivity contribution in [2.45, 2.75) is 0 Å². The molecule has 0 fully saturated rings. The van der Waals surface area contributed by atoms with Crippen molar-refractivity contribution in [3.8, 4) is 0 Å². The Morgan fingerprint density at radius 1 is 1.33 bits per heavy atom. The predicted octanol–water partition coefficient (Wildman–Crippen LogP) is 0.0755.